The van der Waals surface area contributed by atoms with Gasteiger partial charge in [0.15, 0.2) is 4.93 Å². The van der Waals surface area contributed by atoms with Gasteiger partial charge in [0.25, 0.3) is 5.69 Å². The van der Waals surface area contributed by atoms with Crippen molar-refractivity contribution in [1.82, 2.24) is 0 Å². The molecule has 6 heteroatoms. The first-order valence-corrected chi connectivity index (χ1v) is 6.44. The average molecular weight is 265 g/mol. The highest BCUT2D eigenvalue weighted by Gasteiger charge is 2.35. The fourth-order valence-corrected chi connectivity index (χ4v) is 2.05. The molecule has 2 rings (SSSR count). The number of carbonyl (C=O) groups excluding carboxylic acids is 1. The monoisotopic (exact) mass is 265 g/mol. The van der Waals surface area contributed by atoms with Crippen LogP contribution in [0.25, 0.3) is 5.57 Å². The maximum atomic E-state index is 11.7. The van der Waals surface area contributed by atoms with Crippen LogP contribution in [0.3, 0.4) is 0 Å². The van der Waals surface area contributed by atoms with Gasteiger partial charge in [0, 0.05) is 12.1 Å². The standard InChI is InChI=1S/C12H11NO4S/c1-12(18-2)7-10(11(14)17-12)8-3-5-9(6-4-8)13(15)16/h3-7H,1-2H3. The first kappa shape index (κ1) is 12.6. The fraction of sp³-hybridized carbons (Fsp3) is 0.250. The summed E-state index contributed by atoms with van der Waals surface area (Å²) in [5.74, 6) is -0.402. The van der Waals surface area contributed by atoms with Crippen LogP contribution in [0.2, 0.25) is 0 Å². The van der Waals surface area contributed by atoms with E-state index in [2.05, 4.69) is 0 Å². The third kappa shape index (κ3) is 2.24. The average Bonchev–Trinajstić information content (AvgIpc) is 2.66. The quantitative estimate of drug-likeness (QED) is 0.477. The first-order chi connectivity index (χ1) is 8.45. The Morgan fingerprint density at radius 1 is 1.33 bits per heavy atom. The summed E-state index contributed by atoms with van der Waals surface area (Å²) in [4.78, 5) is 21.1. The first-order valence-electron chi connectivity index (χ1n) is 5.21. The van der Waals surface area contributed by atoms with Crippen LogP contribution in [0.15, 0.2) is 30.3 Å². The van der Waals surface area contributed by atoms with Crippen LogP contribution in [-0.2, 0) is 9.53 Å². The summed E-state index contributed by atoms with van der Waals surface area (Å²) in [6.45, 7) is 1.80. The number of nitro benzene ring substituents is 1. The van der Waals surface area contributed by atoms with Gasteiger partial charge in [-0.2, -0.15) is 0 Å². The number of benzene rings is 1. The van der Waals surface area contributed by atoms with E-state index in [0.717, 1.165) is 0 Å². The van der Waals surface area contributed by atoms with Gasteiger partial charge < -0.3 is 4.74 Å². The normalized spacial score (nSPS) is 22.6. The zero-order chi connectivity index (χ0) is 13.3. The highest BCUT2D eigenvalue weighted by molar-refractivity contribution is 8.00. The Labute approximate surface area is 108 Å². The Morgan fingerprint density at radius 3 is 2.39 bits per heavy atom. The van der Waals surface area contributed by atoms with Crippen molar-refractivity contribution in [2.75, 3.05) is 6.26 Å². The highest BCUT2D eigenvalue weighted by atomic mass is 32.2. The van der Waals surface area contributed by atoms with Gasteiger partial charge in [0.1, 0.15) is 0 Å². The Balaban J connectivity index is 2.35. The highest BCUT2D eigenvalue weighted by Crippen LogP contribution is 2.37. The predicted octanol–water partition coefficient (Wildman–Crippen LogP) is 2.61. The van der Waals surface area contributed by atoms with E-state index in [0.29, 0.717) is 11.1 Å². The minimum absolute atomic E-state index is 0.00153. The molecule has 1 aromatic carbocycles. The molecule has 1 atom stereocenters. The molecule has 1 unspecified atom stereocenters. The van der Waals surface area contributed by atoms with Gasteiger partial charge in [-0.05, 0) is 37.0 Å². The van der Waals surface area contributed by atoms with Gasteiger partial charge in [-0.25, -0.2) is 4.79 Å². The maximum absolute atomic E-state index is 11.7. The van der Waals surface area contributed by atoms with Gasteiger partial charge in [-0.1, -0.05) is 0 Å². The molecule has 18 heavy (non-hydrogen) atoms. The molecule has 1 heterocycles. The summed E-state index contributed by atoms with van der Waals surface area (Å²) in [5.41, 5.74) is 1.07. The Kier molecular flexibility index (Phi) is 3.13. The molecule has 0 radical (unpaired) electrons. The molecule has 0 bridgehead atoms. The van der Waals surface area contributed by atoms with Gasteiger partial charge >= 0.3 is 5.97 Å². The Bertz CT molecular complexity index is 538. The van der Waals surface area contributed by atoms with Crippen LogP contribution >= 0.6 is 11.8 Å². The number of non-ortho nitro benzene ring substituents is 1. The summed E-state index contributed by atoms with van der Waals surface area (Å²) < 4.78 is 5.24. The Hall–Kier alpha value is -1.82. The third-order valence-electron chi connectivity index (χ3n) is 2.72. The molecule has 0 amide bonds. The third-order valence-corrected chi connectivity index (χ3v) is 3.73. The molecule has 94 valence electrons. The number of esters is 1. The second-order valence-corrected chi connectivity index (χ2v) is 5.19. The molecular weight excluding hydrogens is 254 g/mol. The molecule has 1 aromatic rings. The largest absolute Gasteiger partial charge is 0.441 e. The van der Waals surface area contributed by atoms with E-state index in [1.54, 1.807) is 25.1 Å². The number of nitro groups is 1. The predicted molar refractivity (Wildman–Crippen MR) is 69.1 cm³/mol. The number of hydrogen-bond acceptors (Lipinski definition) is 5. The molecule has 0 aromatic heterocycles. The van der Waals surface area contributed by atoms with E-state index in [4.69, 9.17) is 4.74 Å². The fourth-order valence-electron chi connectivity index (χ4n) is 1.65. The number of hydrogen-bond donors (Lipinski definition) is 0. The molecule has 0 N–H and O–H groups in total. The van der Waals surface area contributed by atoms with E-state index in [1.807, 2.05) is 6.26 Å². The lowest BCUT2D eigenvalue weighted by Gasteiger charge is -2.16. The number of carbonyl (C=O) groups is 1. The van der Waals surface area contributed by atoms with Crippen LogP contribution in [-0.4, -0.2) is 22.1 Å². The molecular formula is C12H11NO4S. The molecule has 0 aliphatic carbocycles. The molecule has 1 aliphatic rings. The van der Waals surface area contributed by atoms with Gasteiger partial charge in [-0.15, -0.1) is 11.8 Å². The molecule has 0 fully saturated rings. The van der Waals surface area contributed by atoms with E-state index < -0.39 is 15.8 Å². The number of thioether (sulfide) groups is 1. The number of rotatable bonds is 3. The van der Waals surface area contributed by atoms with Crippen molar-refractivity contribution in [2.45, 2.75) is 11.9 Å². The smallest absolute Gasteiger partial charge is 0.340 e. The molecule has 5 nitrogen and oxygen atoms in total. The lowest BCUT2D eigenvalue weighted by Crippen LogP contribution is -2.17. The summed E-state index contributed by atoms with van der Waals surface area (Å²) >= 11 is 1.42. The van der Waals surface area contributed by atoms with E-state index >= 15 is 0 Å². The Morgan fingerprint density at radius 2 is 1.94 bits per heavy atom. The van der Waals surface area contributed by atoms with Crippen LogP contribution in [0.5, 0.6) is 0 Å². The summed E-state index contributed by atoms with van der Waals surface area (Å²) in [7, 11) is 0. The minimum atomic E-state index is -0.659. The van der Waals surface area contributed by atoms with Crippen molar-refractivity contribution >= 4 is 29.0 Å². The topological polar surface area (TPSA) is 69.4 Å². The molecule has 1 aliphatic heterocycles. The summed E-state index contributed by atoms with van der Waals surface area (Å²) in [5, 5.41) is 10.5. The number of nitrogens with zero attached hydrogens (tertiary/aromatic N) is 1. The lowest BCUT2D eigenvalue weighted by molar-refractivity contribution is -0.384. The zero-order valence-corrected chi connectivity index (χ0v) is 10.7. The van der Waals surface area contributed by atoms with Crippen molar-refractivity contribution in [3.05, 3.63) is 46.0 Å². The SMILES string of the molecule is CSC1(C)C=C(c2ccc([N+](=O)[O-])cc2)C(=O)O1. The van der Waals surface area contributed by atoms with Crippen LogP contribution in [0.4, 0.5) is 5.69 Å². The second-order valence-electron chi connectivity index (χ2n) is 3.97. The summed E-state index contributed by atoms with van der Waals surface area (Å²) in [6, 6.07) is 5.85. The molecule has 0 spiro atoms. The van der Waals surface area contributed by atoms with Gasteiger partial charge in [0.05, 0.1) is 10.5 Å². The van der Waals surface area contributed by atoms with Crippen LogP contribution in [0, 0.1) is 10.1 Å². The van der Waals surface area contributed by atoms with Crippen LogP contribution < -0.4 is 0 Å². The van der Waals surface area contributed by atoms with Gasteiger partial charge in [-0.3, -0.25) is 10.1 Å². The van der Waals surface area contributed by atoms with E-state index in [1.165, 1.54) is 23.9 Å². The summed E-state index contributed by atoms with van der Waals surface area (Å²) in [6.07, 6.45) is 3.59. The second kappa shape index (κ2) is 4.45. The van der Waals surface area contributed by atoms with Crippen molar-refractivity contribution in [3.8, 4) is 0 Å². The molecule has 0 saturated heterocycles. The molecule has 0 saturated carbocycles. The van der Waals surface area contributed by atoms with Gasteiger partial charge in [0.2, 0.25) is 0 Å². The van der Waals surface area contributed by atoms with E-state index in [-0.39, 0.29) is 5.69 Å². The van der Waals surface area contributed by atoms with Crippen molar-refractivity contribution in [1.29, 1.82) is 0 Å². The van der Waals surface area contributed by atoms with Crippen molar-refractivity contribution < 1.29 is 14.5 Å². The van der Waals surface area contributed by atoms with Crippen LogP contribution in [0.1, 0.15) is 12.5 Å². The minimum Gasteiger partial charge on any atom is -0.441 e. The lowest BCUT2D eigenvalue weighted by atomic mass is 10.1. The number of ether oxygens (including phenoxy) is 1. The zero-order valence-electron chi connectivity index (χ0n) is 9.88. The van der Waals surface area contributed by atoms with Crippen molar-refractivity contribution in [3.63, 3.8) is 0 Å². The van der Waals surface area contributed by atoms with Crippen molar-refractivity contribution in [2.24, 2.45) is 0 Å². The maximum Gasteiger partial charge on any atom is 0.340 e. The number of cyclic esters (lactones) is 1. The van der Waals surface area contributed by atoms with E-state index in [9.17, 15) is 14.9 Å².